The summed E-state index contributed by atoms with van der Waals surface area (Å²) in [7, 11) is -3.39. The van der Waals surface area contributed by atoms with Crippen molar-refractivity contribution < 1.29 is 8.42 Å². The quantitative estimate of drug-likeness (QED) is 0.859. The standard InChI is InChI=1S/C12H16N2O2S2/c1-3-4-7-13-18(15,16)10-5-6-11-12(8-10)17-9(2)14-11/h5-6,8,13H,3-4,7H2,1-2H3. The summed E-state index contributed by atoms with van der Waals surface area (Å²) >= 11 is 1.51. The Morgan fingerprint density at radius 1 is 1.39 bits per heavy atom. The average molecular weight is 284 g/mol. The summed E-state index contributed by atoms with van der Waals surface area (Å²) < 4.78 is 27.6. The fraction of sp³-hybridized carbons (Fsp3) is 0.417. The molecule has 0 aliphatic carbocycles. The maximum atomic E-state index is 12.0. The Kier molecular flexibility index (Phi) is 3.99. The van der Waals surface area contributed by atoms with Crippen LogP contribution < -0.4 is 4.72 Å². The molecule has 0 aliphatic rings. The number of hydrogen-bond acceptors (Lipinski definition) is 4. The molecular weight excluding hydrogens is 268 g/mol. The highest BCUT2D eigenvalue weighted by molar-refractivity contribution is 7.89. The van der Waals surface area contributed by atoms with E-state index in [1.54, 1.807) is 18.2 Å². The van der Waals surface area contributed by atoms with Crippen molar-refractivity contribution in [3.63, 3.8) is 0 Å². The van der Waals surface area contributed by atoms with Crippen LogP contribution in [0.5, 0.6) is 0 Å². The van der Waals surface area contributed by atoms with Crippen LogP contribution in [0.25, 0.3) is 10.2 Å². The van der Waals surface area contributed by atoms with E-state index in [1.807, 2.05) is 13.8 Å². The molecule has 1 aromatic heterocycles. The molecule has 0 radical (unpaired) electrons. The van der Waals surface area contributed by atoms with E-state index in [2.05, 4.69) is 9.71 Å². The number of aryl methyl sites for hydroxylation is 1. The van der Waals surface area contributed by atoms with Crippen molar-refractivity contribution in [3.05, 3.63) is 23.2 Å². The molecule has 1 heterocycles. The molecule has 1 N–H and O–H groups in total. The number of sulfonamides is 1. The zero-order valence-corrected chi connectivity index (χ0v) is 12.1. The highest BCUT2D eigenvalue weighted by Gasteiger charge is 2.14. The molecule has 0 aliphatic heterocycles. The van der Waals surface area contributed by atoms with Gasteiger partial charge in [0.25, 0.3) is 0 Å². The monoisotopic (exact) mass is 284 g/mol. The van der Waals surface area contributed by atoms with E-state index in [-0.39, 0.29) is 0 Å². The van der Waals surface area contributed by atoms with Crippen LogP contribution in [0.1, 0.15) is 24.8 Å². The normalized spacial score (nSPS) is 12.1. The van der Waals surface area contributed by atoms with Crippen molar-refractivity contribution in [3.8, 4) is 0 Å². The van der Waals surface area contributed by atoms with Crippen LogP contribution in [0, 0.1) is 6.92 Å². The Hall–Kier alpha value is -0.980. The molecule has 2 rings (SSSR count). The van der Waals surface area contributed by atoms with Gasteiger partial charge in [-0.2, -0.15) is 0 Å². The maximum Gasteiger partial charge on any atom is 0.240 e. The Bertz CT molecular complexity index is 647. The van der Waals surface area contributed by atoms with Gasteiger partial charge in [0.1, 0.15) is 0 Å². The van der Waals surface area contributed by atoms with Gasteiger partial charge in [-0.1, -0.05) is 13.3 Å². The number of benzene rings is 1. The van der Waals surface area contributed by atoms with Gasteiger partial charge in [-0.15, -0.1) is 11.3 Å². The minimum absolute atomic E-state index is 0.315. The second kappa shape index (κ2) is 5.34. The summed E-state index contributed by atoms with van der Waals surface area (Å²) in [6.07, 6.45) is 1.82. The molecule has 4 nitrogen and oxygen atoms in total. The third-order valence-corrected chi connectivity index (χ3v) is 4.99. The number of thiazole rings is 1. The Morgan fingerprint density at radius 2 is 2.17 bits per heavy atom. The van der Waals surface area contributed by atoms with E-state index in [4.69, 9.17) is 0 Å². The van der Waals surface area contributed by atoms with Crippen molar-refractivity contribution in [2.75, 3.05) is 6.54 Å². The van der Waals surface area contributed by atoms with Crippen LogP contribution in [0.2, 0.25) is 0 Å². The van der Waals surface area contributed by atoms with Crippen LogP contribution in [0.15, 0.2) is 23.1 Å². The molecule has 0 atom stereocenters. The lowest BCUT2D eigenvalue weighted by atomic mass is 10.3. The Balaban J connectivity index is 2.29. The van der Waals surface area contributed by atoms with Crippen LogP contribution in [-0.2, 0) is 10.0 Å². The summed E-state index contributed by atoms with van der Waals surface area (Å²) in [5, 5.41) is 0.943. The molecule has 6 heteroatoms. The summed E-state index contributed by atoms with van der Waals surface area (Å²) in [5.41, 5.74) is 0.852. The molecule has 0 fully saturated rings. The molecule has 0 unspecified atom stereocenters. The van der Waals surface area contributed by atoms with E-state index in [0.717, 1.165) is 28.1 Å². The van der Waals surface area contributed by atoms with Crippen LogP contribution >= 0.6 is 11.3 Å². The molecule has 0 spiro atoms. The SMILES string of the molecule is CCCCNS(=O)(=O)c1ccc2nc(C)sc2c1. The van der Waals surface area contributed by atoms with Crippen molar-refractivity contribution >= 4 is 31.6 Å². The Morgan fingerprint density at radius 3 is 2.89 bits per heavy atom. The third kappa shape index (κ3) is 2.88. The third-order valence-electron chi connectivity index (χ3n) is 2.60. The molecule has 0 bridgehead atoms. The largest absolute Gasteiger partial charge is 0.242 e. The number of fused-ring (bicyclic) bond motifs is 1. The molecule has 98 valence electrons. The minimum Gasteiger partial charge on any atom is -0.242 e. The topological polar surface area (TPSA) is 59.1 Å². The van der Waals surface area contributed by atoms with Gasteiger partial charge in [0.15, 0.2) is 0 Å². The summed E-state index contributed by atoms with van der Waals surface area (Å²) in [4.78, 5) is 4.63. The lowest BCUT2D eigenvalue weighted by Crippen LogP contribution is -2.24. The number of unbranched alkanes of at least 4 members (excludes halogenated alkanes) is 1. The van der Waals surface area contributed by atoms with Crippen LogP contribution in [-0.4, -0.2) is 19.9 Å². The summed E-state index contributed by atoms with van der Waals surface area (Å²) in [5.74, 6) is 0. The van der Waals surface area contributed by atoms with Gasteiger partial charge in [0, 0.05) is 6.54 Å². The lowest BCUT2D eigenvalue weighted by Gasteiger charge is -2.05. The number of rotatable bonds is 5. The second-order valence-electron chi connectivity index (χ2n) is 4.11. The molecule has 18 heavy (non-hydrogen) atoms. The first-order valence-corrected chi connectivity index (χ1v) is 8.20. The van der Waals surface area contributed by atoms with Gasteiger partial charge >= 0.3 is 0 Å². The van der Waals surface area contributed by atoms with E-state index < -0.39 is 10.0 Å². The van der Waals surface area contributed by atoms with Gasteiger partial charge in [-0.25, -0.2) is 18.1 Å². The number of hydrogen-bond donors (Lipinski definition) is 1. The highest BCUT2D eigenvalue weighted by Crippen LogP contribution is 2.24. The van der Waals surface area contributed by atoms with E-state index in [9.17, 15) is 8.42 Å². The summed E-state index contributed by atoms with van der Waals surface area (Å²) in [6.45, 7) is 4.43. The van der Waals surface area contributed by atoms with Gasteiger partial charge in [0.2, 0.25) is 10.0 Å². The molecular formula is C12H16N2O2S2. The predicted octanol–water partition coefficient (Wildman–Crippen LogP) is 2.68. The first kappa shape index (κ1) is 13.5. The van der Waals surface area contributed by atoms with Gasteiger partial charge in [0.05, 0.1) is 20.1 Å². The molecule has 1 aromatic carbocycles. The highest BCUT2D eigenvalue weighted by atomic mass is 32.2. The van der Waals surface area contributed by atoms with E-state index in [1.165, 1.54) is 11.3 Å². The maximum absolute atomic E-state index is 12.0. The predicted molar refractivity (Wildman–Crippen MR) is 74.5 cm³/mol. The number of nitrogens with zero attached hydrogens (tertiary/aromatic N) is 1. The molecule has 0 amide bonds. The number of aromatic nitrogens is 1. The first-order valence-electron chi connectivity index (χ1n) is 5.90. The molecule has 0 saturated heterocycles. The number of nitrogens with one attached hydrogen (secondary N) is 1. The average Bonchev–Trinajstić information content (AvgIpc) is 2.68. The first-order chi connectivity index (χ1) is 8.53. The smallest absolute Gasteiger partial charge is 0.240 e. The fourth-order valence-corrected chi connectivity index (χ4v) is 3.69. The van der Waals surface area contributed by atoms with Gasteiger partial charge in [-0.3, -0.25) is 0 Å². The van der Waals surface area contributed by atoms with Crippen molar-refractivity contribution in [1.82, 2.24) is 9.71 Å². The van der Waals surface area contributed by atoms with E-state index in [0.29, 0.717) is 11.4 Å². The van der Waals surface area contributed by atoms with Crippen LogP contribution in [0.4, 0.5) is 0 Å². The van der Waals surface area contributed by atoms with E-state index >= 15 is 0 Å². The van der Waals surface area contributed by atoms with Crippen LogP contribution in [0.3, 0.4) is 0 Å². The second-order valence-corrected chi connectivity index (χ2v) is 7.12. The van der Waals surface area contributed by atoms with Gasteiger partial charge < -0.3 is 0 Å². The molecule has 0 saturated carbocycles. The minimum atomic E-state index is -3.39. The van der Waals surface area contributed by atoms with Crippen molar-refractivity contribution in [1.29, 1.82) is 0 Å². The lowest BCUT2D eigenvalue weighted by molar-refractivity contribution is 0.578. The summed E-state index contributed by atoms with van der Waals surface area (Å²) in [6, 6.07) is 5.05. The fourth-order valence-electron chi connectivity index (χ4n) is 1.65. The van der Waals surface area contributed by atoms with Crippen molar-refractivity contribution in [2.24, 2.45) is 0 Å². The zero-order chi connectivity index (χ0) is 13.2. The zero-order valence-electron chi connectivity index (χ0n) is 10.4. The Labute approximate surface area is 111 Å². The molecule has 2 aromatic rings. The van der Waals surface area contributed by atoms with Gasteiger partial charge in [-0.05, 0) is 31.5 Å². The van der Waals surface area contributed by atoms with Crippen molar-refractivity contribution in [2.45, 2.75) is 31.6 Å².